The average Bonchev–Trinajstić information content (AvgIpc) is 2.68. The summed E-state index contributed by atoms with van der Waals surface area (Å²) in [5.41, 5.74) is 1.50. The van der Waals surface area contributed by atoms with Gasteiger partial charge in [0, 0.05) is 5.69 Å². The number of nitrogens with one attached hydrogen (secondary N) is 2. The fraction of sp³-hybridized carbons (Fsp3) is 0.0909. The van der Waals surface area contributed by atoms with Crippen molar-refractivity contribution in [2.45, 2.75) is 13.5 Å². The smallest absolute Gasteiger partial charge is 0.326 e. The first-order valence-electron chi connectivity index (χ1n) is 8.78. The van der Waals surface area contributed by atoms with Crippen molar-refractivity contribution >= 4 is 17.6 Å². The molecule has 3 rings (SSSR count). The van der Waals surface area contributed by atoms with Gasteiger partial charge in [0.25, 0.3) is 5.91 Å². The summed E-state index contributed by atoms with van der Waals surface area (Å²) in [4.78, 5) is 23.9. The zero-order valence-electron chi connectivity index (χ0n) is 15.5. The van der Waals surface area contributed by atoms with Crippen LogP contribution >= 0.6 is 0 Å². The number of amides is 3. The third-order valence-corrected chi connectivity index (χ3v) is 4.12. The number of halogens is 2. The second-order valence-electron chi connectivity index (χ2n) is 6.26. The maximum atomic E-state index is 13.6. The number of hydrogen-bond donors (Lipinski definition) is 2. The molecular formula is C22H18F2N2O3. The first-order chi connectivity index (χ1) is 13.9. The van der Waals surface area contributed by atoms with E-state index >= 15 is 0 Å². The van der Waals surface area contributed by atoms with Crippen molar-refractivity contribution in [2.24, 2.45) is 0 Å². The summed E-state index contributed by atoms with van der Waals surface area (Å²) in [6.07, 6.45) is 0. The number of carbonyl (C=O) groups excluding carboxylic acids is 2. The number of carbonyl (C=O) groups is 2. The first-order valence-corrected chi connectivity index (χ1v) is 8.78. The average molecular weight is 396 g/mol. The van der Waals surface area contributed by atoms with E-state index in [9.17, 15) is 18.4 Å². The van der Waals surface area contributed by atoms with E-state index in [4.69, 9.17) is 4.74 Å². The highest BCUT2D eigenvalue weighted by molar-refractivity contribution is 6.08. The zero-order valence-corrected chi connectivity index (χ0v) is 15.5. The minimum Gasteiger partial charge on any atom is -0.489 e. The van der Waals surface area contributed by atoms with Gasteiger partial charge in [-0.05, 0) is 48.4 Å². The Balaban J connectivity index is 1.56. The minimum atomic E-state index is -1.17. The predicted molar refractivity (Wildman–Crippen MR) is 105 cm³/mol. The first kappa shape index (κ1) is 20.0. The number of ether oxygens (including phenoxy) is 1. The summed E-state index contributed by atoms with van der Waals surface area (Å²) in [5, 5.41) is 4.34. The molecule has 0 aliphatic carbocycles. The molecule has 29 heavy (non-hydrogen) atoms. The molecule has 7 heteroatoms. The van der Waals surface area contributed by atoms with E-state index in [1.165, 1.54) is 0 Å². The summed E-state index contributed by atoms with van der Waals surface area (Å²) in [7, 11) is 0. The Hall–Kier alpha value is -3.74. The van der Waals surface area contributed by atoms with Crippen molar-refractivity contribution in [1.82, 2.24) is 5.32 Å². The van der Waals surface area contributed by atoms with E-state index < -0.39 is 29.1 Å². The Bertz CT molecular complexity index is 1020. The molecule has 0 saturated carbocycles. The van der Waals surface area contributed by atoms with Crippen molar-refractivity contribution in [1.29, 1.82) is 0 Å². The molecule has 0 atom stereocenters. The Morgan fingerprint density at radius 3 is 2.21 bits per heavy atom. The molecule has 2 N–H and O–H groups in total. The number of urea groups is 1. The lowest BCUT2D eigenvalue weighted by molar-refractivity contribution is 0.0959. The van der Waals surface area contributed by atoms with Gasteiger partial charge in [0.05, 0.1) is 0 Å². The maximum Gasteiger partial charge on any atom is 0.326 e. The number of hydrogen-bond acceptors (Lipinski definition) is 3. The molecule has 0 heterocycles. The number of imide groups is 1. The van der Waals surface area contributed by atoms with Gasteiger partial charge in [0.15, 0.2) is 0 Å². The summed E-state index contributed by atoms with van der Waals surface area (Å²) >= 11 is 0. The lowest BCUT2D eigenvalue weighted by atomic mass is 10.2. The van der Waals surface area contributed by atoms with Gasteiger partial charge < -0.3 is 10.1 Å². The molecule has 3 amide bonds. The molecule has 0 unspecified atom stereocenters. The zero-order chi connectivity index (χ0) is 20.8. The summed E-state index contributed by atoms with van der Waals surface area (Å²) < 4.78 is 32.9. The van der Waals surface area contributed by atoms with Gasteiger partial charge in [-0.25, -0.2) is 13.6 Å². The molecule has 0 fully saturated rings. The second-order valence-corrected chi connectivity index (χ2v) is 6.26. The van der Waals surface area contributed by atoms with Crippen LogP contribution in [0.25, 0.3) is 0 Å². The van der Waals surface area contributed by atoms with Gasteiger partial charge in [-0.3, -0.25) is 10.1 Å². The van der Waals surface area contributed by atoms with Crippen molar-refractivity contribution in [3.63, 3.8) is 0 Å². The van der Waals surface area contributed by atoms with Crippen LogP contribution in [0.15, 0.2) is 66.7 Å². The molecule has 0 aliphatic heterocycles. The van der Waals surface area contributed by atoms with E-state index in [-0.39, 0.29) is 0 Å². The van der Waals surface area contributed by atoms with Crippen molar-refractivity contribution in [3.05, 3.63) is 95.1 Å². The van der Waals surface area contributed by atoms with Crippen LogP contribution in [0.4, 0.5) is 19.3 Å². The van der Waals surface area contributed by atoms with Gasteiger partial charge in [0.1, 0.15) is 29.6 Å². The van der Waals surface area contributed by atoms with E-state index in [1.54, 1.807) is 24.3 Å². The predicted octanol–water partition coefficient (Wildman–Crippen LogP) is 4.81. The normalized spacial score (nSPS) is 10.3. The third kappa shape index (κ3) is 5.16. The number of aryl methyl sites for hydroxylation is 1. The Morgan fingerprint density at radius 2 is 1.55 bits per heavy atom. The lowest BCUT2D eigenvalue weighted by Gasteiger charge is -2.10. The Morgan fingerprint density at radius 1 is 0.897 bits per heavy atom. The molecule has 0 aromatic heterocycles. The van der Waals surface area contributed by atoms with Crippen LogP contribution in [0.2, 0.25) is 0 Å². The molecule has 0 spiro atoms. The summed E-state index contributed by atoms with van der Waals surface area (Å²) in [5.74, 6) is -2.48. The Labute approximate surface area is 166 Å². The maximum absolute atomic E-state index is 13.6. The van der Waals surface area contributed by atoms with Gasteiger partial charge in [-0.1, -0.05) is 36.4 Å². The number of anilines is 1. The molecule has 5 nitrogen and oxygen atoms in total. The highest BCUT2D eigenvalue weighted by atomic mass is 19.1. The lowest BCUT2D eigenvalue weighted by Crippen LogP contribution is -2.35. The molecule has 0 bridgehead atoms. The van der Waals surface area contributed by atoms with Crippen molar-refractivity contribution in [3.8, 4) is 5.75 Å². The molecule has 0 radical (unpaired) electrons. The van der Waals surface area contributed by atoms with Gasteiger partial charge >= 0.3 is 6.03 Å². The fourth-order valence-corrected chi connectivity index (χ4v) is 2.61. The molecule has 148 valence electrons. The fourth-order valence-electron chi connectivity index (χ4n) is 2.61. The largest absolute Gasteiger partial charge is 0.489 e. The van der Waals surface area contributed by atoms with Gasteiger partial charge in [-0.2, -0.15) is 0 Å². The van der Waals surface area contributed by atoms with E-state index in [0.717, 1.165) is 35.1 Å². The van der Waals surface area contributed by atoms with E-state index in [2.05, 4.69) is 5.32 Å². The van der Waals surface area contributed by atoms with Crippen LogP contribution in [0.1, 0.15) is 21.5 Å². The third-order valence-electron chi connectivity index (χ3n) is 4.12. The number of rotatable bonds is 5. The van der Waals surface area contributed by atoms with Gasteiger partial charge in [0.2, 0.25) is 0 Å². The van der Waals surface area contributed by atoms with E-state index in [0.29, 0.717) is 12.3 Å². The van der Waals surface area contributed by atoms with Crippen molar-refractivity contribution in [2.75, 3.05) is 5.32 Å². The molecule has 0 saturated heterocycles. The van der Waals surface area contributed by atoms with Crippen molar-refractivity contribution < 1.29 is 23.1 Å². The quantitative estimate of drug-likeness (QED) is 0.650. The standard InChI is InChI=1S/C22H18F2N2O3/c1-14-5-2-3-8-19(14)29-13-15-9-11-16(12-10-15)25-22(28)26-21(27)20-17(23)6-4-7-18(20)24/h2-12H,13H2,1H3,(H2,25,26,27,28). The summed E-state index contributed by atoms with van der Waals surface area (Å²) in [6.45, 7) is 2.30. The molecule has 3 aromatic carbocycles. The minimum absolute atomic E-state index is 0.350. The number of para-hydroxylation sites is 1. The van der Waals surface area contributed by atoms with Crippen LogP contribution in [-0.2, 0) is 6.61 Å². The topological polar surface area (TPSA) is 67.4 Å². The monoisotopic (exact) mass is 396 g/mol. The van der Waals surface area contributed by atoms with Gasteiger partial charge in [-0.15, -0.1) is 0 Å². The highest BCUT2D eigenvalue weighted by Crippen LogP contribution is 2.18. The molecular weight excluding hydrogens is 378 g/mol. The van der Waals surface area contributed by atoms with Crippen LogP contribution in [0.3, 0.4) is 0 Å². The van der Waals surface area contributed by atoms with Crippen LogP contribution in [-0.4, -0.2) is 11.9 Å². The Kier molecular flexibility index (Phi) is 6.19. The van der Waals surface area contributed by atoms with Crippen LogP contribution < -0.4 is 15.4 Å². The summed E-state index contributed by atoms with van der Waals surface area (Å²) in [6, 6.07) is 16.5. The van der Waals surface area contributed by atoms with E-state index in [1.807, 2.05) is 36.5 Å². The van der Waals surface area contributed by atoms with Crippen LogP contribution in [0.5, 0.6) is 5.75 Å². The highest BCUT2D eigenvalue weighted by Gasteiger charge is 2.19. The molecule has 0 aliphatic rings. The van der Waals surface area contributed by atoms with Crippen LogP contribution in [0, 0.1) is 18.6 Å². The number of benzene rings is 3. The molecule has 3 aromatic rings. The second kappa shape index (κ2) is 8.97. The SMILES string of the molecule is Cc1ccccc1OCc1ccc(NC(=O)NC(=O)c2c(F)cccc2F)cc1.